The second kappa shape index (κ2) is 9.37. The van der Waals surface area contributed by atoms with E-state index >= 15 is 0 Å². The fourth-order valence-corrected chi connectivity index (χ4v) is 4.69. The van der Waals surface area contributed by atoms with Crippen molar-refractivity contribution in [2.24, 2.45) is 0 Å². The van der Waals surface area contributed by atoms with E-state index in [0.29, 0.717) is 10.7 Å². The average Bonchev–Trinajstić information content (AvgIpc) is 2.68. The molecule has 1 aliphatic carbocycles. The van der Waals surface area contributed by atoms with Crippen LogP contribution in [0.3, 0.4) is 0 Å². The number of hydrogen-bond acceptors (Lipinski definition) is 3. The van der Waals surface area contributed by atoms with Gasteiger partial charge in [0.2, 0.25) is 15.9 Å². The summed E-state index contributed by atoms with van der Waals surface area (Å²) in [6, 6.07) is 13.4. The zero-order chi connectivity index (χ0) is 20.0. The zero-order valence-electron chi connectivity index (χ0n) is 15.4. The summed E-state index contributed by atoms with van der Waals surface area (Å²) in [4.78, 5) is 12.3. The van der Waals surface area contributed by atoms with Crippen molar-refractivity contribution < 1.29 is 13.2 Å². The van der Waals surface area contributed by atoms with Crippen LogP contribution in [0.5, 0.6) is 0 Å². The smallest absolute Gasteiger partial charge is 0.248 e. The molecule has 0 radical (unpaired) electrons. The lowest BCUT2D eigenvalue weighted by Gasteiger charge is -2.22. The molecule has 28 heavy (non-hydrogen) atoms. The van der Waals surface area contributed by atoms with Crippen LogP contribution in [0.4, 0.5) is 5.69 Å². The first-order valence-electron chi connectivity index (χ1n) is 9.30. The molecule has 0 spiro atoms. The maximum atomic E-state index is 12.5. The average molecular weight is 419 g/mol. The third kappa shape index (κ3) is 5.67. The van der Waals surface area contributed by atoms with Crippen molar-refractivity contribution in [2.45, 2.75) is 43.0 Å². The first kappa shape index (κ1) is 20.6. The second-order valence-electron chi connectivity index (χ2n) is 6.82. The van der Waals surface area contributed by atoms with E-state index in [2.05, 4.69) is 10.0 Å². The number of hydrogen-bond donors (Lipinski definition) is 2. The van der Waals surface area contributed by atoms with Crippen molar-refractivity contribution in [3.8, 4) is 0 Å². The molecule has 0 aliphatic heterocycles. The van der Waals surface area contributed by atoms with E-state index in [0.717, 1.165) is 37.7 Å². The number of carbonyl (C=O) groups excluding carboxylic acids is 1. The highest BCUT2D eigenvalue weighted by Crippen LogP contribution is 2.21. The molecule has 0 atom stereocenters. The molecule has 148 valence electrons. The topological polar surface area (TPSA) is 75.3 Å². The van der Waals surface area contributed by atoms with Gasteiger partial charge in [0.25, 0.3) is 0 Å². The lowest BCUT2D eigenvalue weighted by atomic mass is 9.96. The normalized spacial score (nSPS) is 15.6. The molecule has 0 unspecified atom stereocenters. The van der Waals surface area contributed by atoms with Gasteiger partial charge in [0, 0.05) is 22.8 Å². The van der Waals surface area contributed by atoms with E-state index in [4.69, 9.17) is 11.6 Å². The van der Waals surface area contributed by atoms with Crippen LogP contribution in [-0.4, -0.2) is 20.4 Å². The van der Waals surface area contributed by atoms with Gasteiger partial charge in [-0.05, 0) is 54.8 Å². The lowest BCUT2D eigenvalue weighted by molar-refractivity contribution is -0.111. The quantitative estimate of drug-likeness (QED) is 0.673. The summed E-state index contributed by atoms with van der Waals surface area (Å²) in [5.41, 5.74) is 1.26. The minimum Gasteiger partial charge on any atom is -0.323 e. The van der Waals surface area contributed by atoms with E-state index in [1.807, 2.05) is 18.2 Å². The van der Waals surface area contributed by atoms with Crippen LogP contribution < -0.4 is 10.0 Å². The molecule has 1 saturated carbocycles. The molecule has 1 amide bonds. The predicted octanol–water partition coefficient (Wildman–Crippen LogP) is 4.60. The van der Waals surface area contributed by atoms with Crippen molar-refractivity contribution in [1.29, 1.82) is 0 Å². The monoisotopic (exact) mass is 418 g/mol. The van der Waals surface area contributed by atoms with Gasteiger partial charge in [-0.2, -0.15) is 0 Å². The van der Waals surface area contributed by atoms with Crippen LogP contribution in [0.15, 0.2) is 59.5 Å². The molecule has 1 fully saturated rings. The van der Waals surface area contributed by atoms with Crippen molar-refractivity contribution in [3.63, 3.8) is 0 Å². The van der Waals surface area contributed by atoms with Crippen LogP contribution in [0.25, 0.3) is 6.08 Å². The molecule has 0 heterocycles. The SMILES string of the molecule is O=C(C=Cc1ccccc1Cl)Nc1ccc(S(=O)(=O)NC2CCCCC2)cc1. The summed E-state index contributed by atoms with van der Waals surface area (Å²) in [5, 5.41) is 3.27. The molecule has 3 rings (SSSR count). The lowest BCUT2D eigenvalue weighted by Crippen LogP contribution is -2.36. The number of carbonyl (C=O) groups is 1. The molecule has 2 aromatic rings. The van der Waals surface area contributed by atoms with Crippen LogP contribution in [-0.2, 0) is 14.8 Å². The number of rotatable bonds is 6. The minimum absolute atomic E-state index is 0.00748. The van der Waals surface area contributed by atoms with E-state index in [1.165, 1.54) is 18.2 Å². The Morgan fingerprint density at radius 2 is 1.68 bits per heavy atom. The highest BCUT2D eigenvalue weighted by atomic mass is 35.5. The van der Waals surface area contributed by atoms with Gasteiger partial charge in [0.1, 0.15) is 0 Å². The van der Waals surface area contributed by atoms with Crippen LogP contribution in [0, 0.1) is 0 Å². The molecule has 0 aromatic heterocycles. The summed E-state index contributed by atoms with van der Waals surface area (Å²) in [6.45, 7) is 0. The Morgan fingerprint density at radius 1 is 1.00 bits per heavy atom. The van der Waals surface area contributed by atoms with Gasteiger partial charge in [-0.1, -0.05) is 49.1 Å². The molecular formula is C21H23ClN2O3S. The molecule has 0 bridgehead atoms. The number of nitrogens with one attached hydrogen (secondary N) is 2. The molecule has 2 N–H and O–H groups in total. The van der Waals surface area contributed by atoms with Crippen molar-refractivity contribution in [1.82, 2.24) is 4.72 Å². The summed E-state index contributed by atoms with van der Waals surface area (Å²) >= 11 is 6.05. The largest absolute Gasteiger partial charge is 0.323 e. The number of halogens is 1. The molecule has 5 nitrogen and oxygen atoms in total. The summed E-state index contributed by atoms with van der Waals surface area (Å²) in [7, 11) is -3.55. The first-order valence-corrected chi connectivity index (χ1v) is 11.2. The second-order valence-corrected chi connectivity index (χ2v) is 8.95. The Labute approximate surface area is 170 Å². The van der Waals surface area contributed by atoms with Crippen LogP contribution in [0.2, 0.25) is 5.02 Å². The number of sulfonamides is 1. The summed E-state index contributed by atoms with van der Waals surface area (Å²) < 4.78 is 27.8. The van der Waals surface area contributed by atoms with E-state index in [1.54, 1.807) is 24.3 Å². The third-order valence-corrected chi connectivity index (χ3v) is 6.56. The van der Waals surface area contributed by atoms with Gasteiger partial charge in [0.15, 0.2) is 0 Å². The van der Waals surface area contributed by atoms with Gasteiger partial charge in [0.05, 0.1) is 4.90 Å². The Bertz CT molecular complexity index is 950. The van der Waals surface area contributed by atoms with Gasteiger partial charge >= 0.3 is 0 Å². The maximum absolute atomic E-state index is 12.5. The van der Waals surface area contributed by atoms with Gasteiger partial charge < -0.3 is 5.32 Å². The highest BCUT2D eigenvalue weighted by molar-refractivity contribution is 7.89. The van der Waals surface area contributed by atoms with Crippen LogP contribution in [0.1, 0.15) is 37.7 Å². The molecule has 0 saturated heterocycles. The Hall–Kier alpha value is -2.15. The minimum atomic E-state index is -3.55. The van der Waals surface area contributed by atoms with Crippen molar-refractivity contribution in [2.75, 3.05) is 5.32 Å². The Balaban J connectivity index is 1.60. The molecule has 1 aliphatic rings. The Kier molecular flexibility index (Phi) is 6.88. The zero-order valence-corrected chi connectivity index (χ0v) is 17.0. The van der Waals surface area contributed by atoms with E-state index in [-0.39, 0.29) is 16.8 Å². The summed E-state index contributed by atoms with van der Waals surface area (Å²) in [6.07, 6.45) is 8.05. The number of anilines is 1. The molecule has 2 aromatic carbocycles. The fourth-order valence-electron chi connectivity index (χ4n) is 3.18. The van der Waals surface area contributed by atoms with Gasteiger partial charge in [-0.25, -0.2) is 13.1 Å². The number of benzene rings is 2. The standard InChI is InChI=1S/C21H23ClN2O3S/c22-20-9-5-4-6-16(20)10-15-21(25)23-17-11-13-19(14-12-17)28(26,27)24-18-7-2-1-3-8-18/h4-6,9-15,18,24H,1-3,7-8H2,(H,23,25). The Morgan fingerprint density at radius 3 is 2.36 bits per heavy atom. The third-order valence-electron chi connectivity index (χ3n) is 4.68. The first-order chi connectivity index (χ1) is 13.4. The van der Waals surface area contributed by atoms with E-state index < -0.39 is 10.0 Å². The predicted molar refractivity (Wildman–Crippen MR) is 113 cm³/mol. The highest BCUT2D eigenvalue weighted by Gasteiger charge is 2.21. The summed E-state index contributed by atoms with van der Waals surface area (Å²) in [5.74, 6) is -0.323. The molecular weight excluding hydrogens is 396 g/mol. The molecule has 7 heteroatoms. The van der Waals surface area contributed by atoms with Crippen LogP contribution >= 0.6 is 11.6 Å². The fraction of sp³-hybridized carbons (Fsp3) is 0.286. The van der Waals surface area contributed by atoms with Gasteiger partial charge in [-0.15, -0.1) is 0 Å². The maximum Gasteiger partial charge on any atom is 0.248 e. The van der Waals surface area contributed by atoms with Crippen molar-refractivity contribution >= 4 is 39.3 Å². The van der Waals surface area contributed by atoms with Gasteiger partial charge in [-0.3, -0.25) is 4.79 Å². The van der Waals surface area contributed by atoms with E-state index in [9.17, 15) is 13.2 Å². The number of amides is 1. The van der Waals surface area contributed by atoms with Crippen molar-refractivity contribution in [3.05, 3.63) is 65.2 Å².